The predicted molar refractivity (Wildman–Crippen MR) is 77.5 cm³/mol. The van der Waals surface area contributed by atoms with Gasteiger partial charge in [0.05, 0.1) is 16.6 Å². The second-order valence-corrected chi connectivity index (χ2v) is 4.94. The van der Waals surface area contributed by atoms with Gasteiger partial charge in [0.2, 0.25) is 0 Å². The van der Waals surface area contributed by atoms with Gasteiger partial charge in [-0.05, 0) is 43.2 Å². The fourth-order valence-corrected chi connectivity index (χ4v) is 2.64. The third-order valence-electron chi connectivity index (χ3n) is 3.82. The van der Waals surface area contributed by atoms with Crippen LogP contribution in [0.5, 0.6) is 0 Å². The van der Waals surface area contributed by atoms with E-state index in [1.165, 1.54) is 11.1 Å². The Balaban J connectivity index is 2.34. The van der Waals surface area contributed by atoms with Crippen molar-refractivity contribution in [2.24, 2.45) is 0 Å². The van der Waals surface area contributed by atoms with Crippen LogP contribution in [0.15, 0.2) is 42.7 Å². The molecule has 19 heavy (non-hydrogen) atoms. The van der Waals surface area contributed by atoms with Crippen molar-refractivity contribution in [1.82, 2.24) is 14.4 Å². The number of hydrogen-bond acceptors (Lipinski definition) is 2. The van der Waals surface area contributed by atoms with Crippen molar-refractivity contribution in [3.05, 3.63) is 53.9 Å². The second-order valence-electron chi connectivity index (χ2n) is 4.94. The number of nitrogens with zero attached hydrogens (tertiary/aromatic N) is 3. The molecular weight excluding hydrogens is 234 g/mol. The summed E-state index contributed by atoms with van der Waals surface area (Å²) in [6, 6.07) is 10.3. The summed E-state index contributed by atoms with van der Waals surface area (Å²) in [5.41, 5.74) is 6.62. The topological polar surface area (TPSA) is 30.2 Å². The summed E-state index contributed by atoms with van der Waals surface area (Å²) in [5.74, 6) is 0. The van der Waals surface area contributed by atoms with Gasteiger partial charge in [0.15, 0.2) is 0 Å². The zero-order valence-electron chi connectivity index (χ0n) is 10.9. The SMILES string of the molecule is Cc1cnc2ccn3c4ccccc4nc3c2c1C. The van der Waals surface area contributed by atoms with Gasteiger partial charge in [0.25, 0.3) is 0 Å². The van der Waals surface area contributed by atoms with Crippen LogP contribution in [0.4, 0.5) is 0 Å². The van der Waals surface area contributed by atoms with Crippen LogP contribution in [0.3, 0.4) is 0 Å². The average molecular weight is 247 g/mol. The quantitative estimate of drug-likeness (QED) is 0.475. The van der Waals surface area contributed by atoms with Crippen LogP contribution in [0, 0.1) is 13.8 Å². The van der Waals surface area contributed by atoms with Crippen LogP contribution in [0.2, 0.25) is 0 Å². The van der Waals surface area contributed by atoms with E-state index < -0.39 is 0 Å². The smallest absolute Gasteiger partial charge is 0.147 e. The molecule has 0 spiro atoms. The van der Waals surface area contributed by atoms with Crippen LogP contribution < -0.4 is 0 Å². The maximum absolute atomic E-state index is 4.77. The van der Waals surface area contributed by atoms with E-state index in [9.17, 15) is 0 Å². The fourth-order valence-electron chi connectivity index (χ4n) is 2.64. The van der Waals surface area contributed by atoms with E-state index >= 15 is 0 Å². The third kappa shape index (κ3) is 1.32. The van der Waals surface area contributed by atoms with Crippen molar-refractivity contribution < 1.29 is 0 Å². The molecule has 3 heteroatoms. The molecule has 0 amide bonds. The summed E-state index contributed by atoms with van der Waals surface area (Å²) in [5, 5.41) is 1.15. The van der Waals surface area contributed by atoms with E-state index in [1.54, 1.807) is 0 Å². The van der Waals surface area contributed by atoms with Crippen molar-refractivity contribution in [3.63, 3.8) is 0 Å². The summed E-state index contributed by atoms with van der Waals surface area (Å²) in [6.45, 7) is 4.23. The van der Waals surface area contributed by atoms with Gasteiger partial charge in [0, 0.05) is 17.8 Å². The highest BCUT2D eigenvalue weighted by atomic mass is 15.0. The number of imidazole rings is 1. The molecule has 1 aromatic carbocycles. The predicted octanol–water partition coefficient (Wildman–Crippen LogP) is 3.65. The third-order valence-corrected chi connectivity index (χ3v) is 3.82. The summed E-state index contributed by atoms with van der Waals surface area (Å²) in [6.07, 6.45) is 3.98. The number of hydrogen-bond donors (Lipinski definition) is 0. The van der Waals surface area contributed by atoms with E-state index in [0.29, 0.717) is 0 Å². The van der Waals surface area contributed by atoms with Gasteiger partial charge in [-0.1, -0.05) is 12.1 Å². The maximum Gasteiger partial charge on any atom is 0.147 e. The molecule has 92 valence electrons. The lowest BCUT2D eigenvalue weighted by molar-refractivity contribution is 1.21. The number of benzene rings is 1. The molecule has 0 atom stereocenters. The highest BCUT2D eigenvalue weighted by molar-refractivity contribution is 5.98. The van der Waals surface area contributed by atoms with E-state index in [-0.39, 0.29) is 0 Å². The molecule has 3 heterocycles. The van der Waals surface area contributed by atoms with Gasteiger partial charge in [-0.2, -0.15) is 0 Å². The van der Waals surface area contributed by atoms with Gasteiger partial charge in [-0.25, -0.2) is 4.98 Å². The minimum absolute atomic E-state index is 0.993. The molecule has 0 unspecified atom stereocenters. The molecule has 4 rings (SSSR count). The lowest BCUT2D eigenvalue weighted by Gasteiger charge is -2.06. The van der Waals surface area contributed by atoms with Gasteiger partial charge in [0.1, 0.15) is 5.65 Å². The van der Waals surface area contributed by atoms with Crippen molar-refractivity contribution >= 4 is 27.6 Å². The highest BCUT2D eigenvalue weighted by Crippen LogP contribution is 2.26. The number of para-hydroxylation sites is 2. The molecular formula is C16H13N3. The van der Waals surface area contributed by atoms with Gasteiger partial charge < -0.3 is 0 Å². The monoisotopic (exact) mass is 247 g/mol. The Hall–Kier alpha value is -2.42. The van der Waals surface area contributed by atoms with Crippen LogP contribution >= 0.6 is 0 Å². The zero-order chi connectivity index (χ0) is 13.0. The standard InChI is InChI=1S/C16H13N3/c1-10-9-17-13-7-8-19-14-6-4-3-5-12(14)18-16(19)15(13)11(10)2/h3-9H,1-2H3. The minimum Gasteiger partial charge on any atom is -0.299 e. The van der Waals surface area contributed by atoms with Crippen molar-refractivity contribution in [2.75, 3.05) is 0 Å². The van der Waals surface area contributed by atoms with Crippen LogP contribution in [-0.2, 0) is 0 Å². The summed E-state index contributed by atoms with van der Waals surface area (Å²) >= 11 is 0. The summed E-state index contributed by atoms with van der Waals surface area (Å²) in [7, 11) is 0. The Morgan fingerprint density at radius 2 is 1.84 bits per heavy atom. The van der Waals surface area contributed by atoms with E-state index in [2.05, 4.69) is 41.6 Å². The molecule has 0 N–H and O–H groups in total. The van der Waals surface area contributed by atoms with Crippen molar-refractivity contribution in [1.29, 1.82) is 0 Å². The van der Waals surface area contributed by atoms with E-state index in [0.717, 1.165) is 27.6 Å². The number of aryl methyl sites for hydroxylation is 2. The van der Waals surface area contributed by atoms with Crippen LogP contribution in [0.1, 0.15) is 11.1 Å². The van der Waals surface area contributed by atoms with E-state index in [1.807, 2.05) is 24.4 Å². The van der Waals surface area contributed by atoms with Crippen LogP contribution in [-0.4, -0.2) is 14.4 Å². The second kappa shape index (κ2) is 3.54. The zero-order valence-corrected chi connectivity index (χ0v) is 10.9. The van der Waals surface area contributed by atoms with Crippen LogP contribution in [0.25, 0.3) is 27.6 Å². The lowest BCUT2D eigenvalue weighted by atomic mass is 10.1. The highest BCUT2D eigenvalue weighted by Gasteiger charge is 2.10. The van der Waals surface area contributed by atoms with Gasteiger partial charge in [-0.15, -0.1) is 0 Å². The Morgan fingerprint density at radius 1 is 1.00 bits per heavy atom. The molecule has 0 aliphatic heterocycles. The maximum atomic E-state index is 4.77. The largest absolute Gasteiger partial charge is 0.299 e. The Bertz CT molecular complexity index is 935. The van der Waals surface area contributed by atoms with Crippen molar-refractivity contribution in [2.45, 2.75) is 13.8 Å². The molecule has 3 aromatic heterocycles. The first-order chi connectivity index (χ1) is 9.25. The first-order valence-corrected chi connectivity index (χ1v) is 6.37. The first-order valence-electron chi connectivity index (χ1n) is 6.37. The molecule has 0 saturated heterocycles. The van der Waals surface area contributed by atoms with E-state index in [4.69, 9.17) is 4.98 Å². The number of pyridine rings is 2. The molecule has 0 saturated carbocycles. The molecule has 0 aliphatic rings. The summed E-state index contributed by atoms with van der Waals surface area (Å²) in [4.78, 5) is 9.28. The Kier molecular flexibility index (Phi) is 1.96. The molecule has 4 aromatic rings. The minimum atomic E-state index is 0.993. The average Bonchev–Trinajstić information content (AvgIpc) is 2.81. The number of aromatic nitrogens is 3. The fraction of sp³-hybridized carbons (Fsp3) is 0.125. The van der Waals surface area contributed by atoms with Gasteiger partial charge >= 0.3 is 0 Å². The molecule has 0 bridgehead atoms. The molecule has 0 aliphatic carbocycles. The Labute approximate surface area is 110 Å². The Morgan fingerprint density at radius 3 is 2.74 bits per heavy atom. The molecule has 0 radical (unpaired) electrons. The lowest BCUT2D eigenvalue weighted by Crippen LogP contribution is -1.92. The normalized spacial score (nSPS) is 11.7. The number of fused-ring (bicyclic) bond motifs is 5. The van der Waals surface area contributed by atoms with Gasteiger partial charge in [-0.3, -0.25) is 9.38 Å². The van der Waals surface area contributed by atoms with Crippen molar-refractivity contribution in [3.8, 4) is 0 Å². The molecule has 3 nitrogen and oxygen atoms in total. The molecule has 0 fully saturated rings. The summed E-state index contributed by atoms with van der Waals surface area (Å²) < 4.78 is 2.14. The number of rotatable bonds is 0. The first kappa shape index (κ1) is 10.5.